The molecular weight excluding hydrogens is 218 g/mol. The SMILES string of the molecule is CCC(N)(CC)c1noc(C2CCOCC2)n1. The zero-order valence-electron chi connectivity index (χ0n) is 10.6. The van der Waals surface area contributed by atoms with Gasteiger partial charge in [0, 0.05) is 19.1 Å². The van der Waals surface area contributed by atoms with Crippen LogP contribution in [0.4, 0.5) is 0 Å². The first-order valence-corrected chi connectivity index (χ1v) is 6.40. The number of aromatic nitrogens is 2. The van der Waals surface area contributed by atoms with Gasteiger partial charge in [0.2, 0.25) is 5.89 Å². The minimum Gasteiger partial charge on any atom is -0.381 e. The van der Waals surface area contributed by atoms with Crippen LogP contribution in [0.25, 0.3) is 0 Å². The molecule has 1 aromatic heterocycles. The molecule has 0 unspecified atom stereocenters. The molecule has 0 atom stereocenters. The Kier molecular flexibility index (Phi) is 3.79. The van der Waals surface area contributed by atoms with Crippen molar-refractivity contribution in [1.82, 2.24) is 10.1 Å². The molecule has 5 heteroatoms. The smallest absolute Gasteiger partial charge is 0.230 e. The number of hydrogen-bond acceptors (Lipinski definition) is 5. The van der Waals surface area contributed by atoms with E-state index in [2.05, 4.69) is 10.1 Å². The Hall–Kier alpha value is -0.940. The molecule has 0 saturated carbocycles. The lowest BCUT2D eigenvalue weighted by Gasteiger charge is -2.22. The Bertz CT molecular complexity index is 354. The molecule has 1 aliphatic rings. The van der Waals surface area contributed by atoms with Gasteiger partial charge in [-0.1, -0.05) is 19.0 Å². The van der Waals surface area contributed by atoms with Crippen LogP contribution in [0.5, 0.6) is 0 Å². The van der Waals surface area contributed by atoms with E-state index < -0.39 is 5.54 Å². The maximum absolute atomic E-state index is 6.25. The number of ether oxygens (including phenoxy) is 1. The van der Waals surface area contributed by atoms with Crippen LogP contribution in [0.15, 0.2) is 4.52 Å². The molecule has 5 nitrogen and oxygen atoms in total. The molecule has 2 N–H and O–H groups in total. The molecule has 0 aromatic carbocycles. The van der Waals surface area contributed by atoms with Gasteiger partial charge in [-0.2, -0.15) is 4.98 Å². The average molecular weight is 239 g/mol. The van der Waals surface area contributed by atoms with Crippen LogP contribution in [0.2, 0.25) is 0 Å². The van der Waals surface area contributed by atoms with Crippen LogP contribution in [-0.2, 0) is 10.3 Å². The van der Waals surface area contributed by atoms with Gasteiger partial charge in [0.1, 0.15) is 0 Å². The summed E-state index contributed by atoms with van der Waals surface area (Å²) >= 11 is 0. The van der Waals surface area contributed by atoms with E-state index in [9.17, 15) is 0 Å². The van der Waals surface area contributed by atoms with Gasteiger partial charge in [0.25, 0.3) is 0 Å². The van der Waals surface area contributed by atoms with Crippen molar-refractivity contribution in [2.75, 3.05) is 13.2 Å². The quantitative estimate of drug-likeness (QED) is 0.869. The van der Waals surface area contributed by atoms with Crippen LogP contribution in [0.3, 0.4) is 0 Å². The second-order valence-electron chi connectivity index (χ2n) is 4.71. The molecule has 2 heterocycles. The van der Waals surface area contributed by atoms with E-state index in [1.165, 1.54) is 0 Å². The third-order valence-corrected chi connectivity index (χ3v) is 3.72. The van der Waals surface area contributed by atoms with Crippen LogP contribution >= 0.6 is 0 Å². The van der Waals surface area contributed by atoms with Gasteiger partial charge in [0.05, 0.1) is 5.54 Å². The predicted molar refractivity (Wildman–Crippen MR) is 63.5 cm³/mol. The normalized spacial score (nSPS) is 18.5. The van der Waals surface area contributed by atoms with E-state index in [4.69, 9.17) is 15.0 Å². The topological polar surface area (TPSA) is 74.2 Å². The van der Waals surface area contributed by atoms with Crippen molar-refractivity contribution >= 4 is 0 Å². The van der Waals surface area contributed by atoms with Gasteiger partial charge in [-0.15, -0.1) is 0 Å². The van der Waals surface area contributed by atoms with Crippen molar-refractivity contribution in [1.29, 1.82) is 0 Å². The first kappa shape index (κ1) is 12.5. The van der Waals surface area contributed by atoms with Crippen molar-refractivity contribution in [2.24, 2.45) is 5.73 Å². The monoisotopic (exact) mass is 239 g/mol. The van der Waals surface area contributed by atoms with Gasteiger partial charge < -0.3 is 15.0 Å². The van der Waals surface area contributed by atoms with E-state index >= 15 is 0 Å². The summed E-state index contributed by atoms with van der Waals surface area (Å²) in [5.74, 6) is 1.70. The molecule has 2 rings (SSSR count). The molecule has 0 spiro atoms. The number of hydrogen-bond donors (Lipinski definition) is 1. The summed E-state index contributed by atoms with van der Waals surface area (Å²) in [6, 6.07) is 0. The molecule has 1 aromatic rings. The van der Waals surface area contributed by atoms with Crippen LogP contribution in [0, 0.1) is 0 Å². The van der Waals surface area contributed by atoms with Crippen LogP contribution in [0.1, 0.15) is 57.2 Å². The Labute approximate surface area is 102 Å². The maximum Gasteiger partial charge on any atom is 0.230 e. The molecular formula is C12H21N3O2. The highest BCUT2D eigenvalue weighted by atomic mass is 16.5. The third-order valence-electron chi connectivity index (χ3n) is 3.72. The van der Waals surface area contributed by atoms with Crippen molar-refractivity contribution < 1.29 is 9.26 Å². The highest BCUT2D eigenvalue weighted by molar-refractivity contribution is 5.05. The average Bonchev–Trinajstić information content (AvgIpc) is 2.89. The van der Waals surface area contributed by atoms with Crippen molar-refractivity contribution in [3.8, 4) is 0 Å². The second-order valence-corrected chi connectivity index (χ2v) is 4.71. The Morgan fingerprint density at radius 1 is 1.29 bits per heavy atom. The molecule has 1 fully saturated rings. The Morgan fingerprint density at radius 3 is 2.53 bits per heavy atom. The molecule has 1 aliphatic heterocycles. The number of nitrogens with two attached hydrogens (primary N) is 1. The first-order chi connectivity index (χ1) is 8.19. The molecule has 0 bridgehead atoms. The number of rotatable bonds is 4. The summed E-state index contributed by atoms with van der Waals surface area (Å²) in [5, 5.41) is 4.05. The molecule has 0 amide bonds. The minimum atomic E-state index is -0.451. The standard InChI is InChI=1S/C12H21N3O2/c1-3-12(13,4-2)11-14-10(17-15-11)9-5-7-16-8-6-9/h9H,3-8,13H2,1-2H3. The zero-order chi connectivity index (χ0) is 12.3. The highest BCUT2D eigenvalue weighted by Gasteiger charge is 2.31. The fourth-order valence-electron chi connectivity index (χ4n) is 2.11. The fourth-order valence-corrected chi connectivity index (χ4v) is 2.11. The van der Waals surface area contributed by atoms with Crippen molar-refractivity contribution in [2.45, 2.75) is 51.0 Å². The summed E-state index contributed by atoms with van der Waals surface area (Å²) < 4.78 is 10.7. The van der Waals surface area contributed by atoms with E-state index in [1.807, 2.05) is 13.8 Å². The molecule has 17 heavy (non-hydrogen) atoms. The van der Waals surface area contributed by atoms with Crippen molar-refractivity contribution in [3.63, 3.8) is 0 Å². The molecule has 0 radical (unpaired) electrons. The number of nitrogens with zero attached hydrogens (tertiary/aromatic N) is 2. The summed E-state index contributed by atoms with van der Waals surface area (Å²) in [6.07, 6.45) is 3.54. The summed E-state index contributed by atoms with van der Waals surface area (Å²) in [6.45, 7) is 5.65. The lowest BCUT2D eigenvalue weighted by atomic mass is 9.93. The minimum absolute atomic E-state index is 0.336. The van der Waals surface area contributed by atoms with E-state index in [-0.39, 0.29) is 0 Å². The van der Waals surface area contributed by atoms with E-state index in [1.54, 1.807) is 0 Å². The Balaban J connectivity index is 2.14. The van der Waals surface area contributed by atoms with Crippen LogP contribution in [-0.4, -0.2) is 23.4 Å². The Morgan fingerprint density at radius 2 is 1.94 bits per heavy atom. The summed E-state index contributed by atoms with van der Waals surface area (Å²) in [4.78, 5) is 4.49. The second kappa shape index (κ2) is 5.14. The van der Waals surface area contributed by atoms with Gasteiger partial charge in [-0.05, 0) is 25.7 Å². The lowest BCUT2D eigenvalue weighted by molar-refractivity contribution is 0.0778. The lowest BCUT2D eigenvalue weighted by Crippen LogP contribution is -2.36. The van der Waals surface area contributed by atoms with Crippen LogP contribution < -0.4 is 5.73 Å². The molecule has 96 valence electrons. The first-order valence-electron chi connectivity index (χ1n) is 6.40. The highest BCUT2D eigenvalue weighted by Crippen LogP contribution is 2.28. The predicted octanol–water partition coefficient (Wildman–Crippen LogP) is 1.94. The molecule has 1 saturated heterocycles. The van der Waals surface area contributed by atoms with E-state index in [0.717, 1.165) is 44.8 Å². The van der Waals surface area contributed by atoms with Crippen molar-refractivity contribution in [3.05, 3.63) is 11.7 Å². The zero-order valence-corrected chi connectivity index (χ0v) is 10.6. The van der Waals surface area contributed by atoms with E-state index in [0.29, 0.717) is 11.7 Å². The third kappa shape index (κ3) is 2.50. The summed E-state index contributed by atoms with van der Waals surface area (Å²) in [7, 11) is 0. The maximum atomic E-state index is 6.25. The van der Waals surface area contributed by atoms with Gasteiger partial charge >= 0.3 is 0 Å². The molecule has 0 aliphatic carbocycles. The fraction of sp³-hybridized carbons (Fsp3) is 0.833. The van der Waals surface area contributed by atoms with Gasteiger partial charge in [-0.3, -0.25) is 0 Å². The van der Waals surface area contributed by atoms with Gasteiger partial charge in [-0.25, -0.2) is 0 Å². The summed E-state index contributed by atoms with van der Waals surface area (Å²) in [5.41, 5.74) is 5.80. The van der Waals surface area contributed by atoms with Gasteiger partial charge in [0.15, 0.2) is 5.82 Å². The largest absolute Gasteiger partial charge is 0.381 e.